The molecule has 9 heteroatoms. The van der Waals surface area contributed by atoms with Crippen molar-refractivity contribution in [3.8, 4) is 5.82 Å². The highest BCUT2D eigenvalue weighted by atomic mass is 16.2. The van der Waals surface area contributed by atoms with E-state index in [0.717, 1.165) is 67.9 Å². The van der Waals surface area contributed by atoms with Crippen LogP contribution in [0.15, 0.2) is 36.5 Å². The molecule has 0 aliphatic carbocycles. The zero-order valence-corrected chi connectivity index (χ0v) is 20.0. The van der Waals surface area contributed by atoms with Crippen molar-refractivity contribution < 1.29 is 4.79 Å². The van der Waals surface area contributed by atoms with Gasteiger partial charge in [-0.3, -0.25) is 4.79 Å². The number of aryl methyl sites for hydroxylation is 1. The summed E-state index contributed by atoms with van der Waals surface area (Å²) < 4.78 is 1.85. The van der Waals surface area contributed by atoms with Gasteiger partial charge < -0.3 is 14.7 Å². The highest BCUT2D eigenvalue weighted by Gasteiger charge is 2.23. The number of aromatic nitrogens is 5. The zero-order valence-electron chi connectivity index (χ0n) is 20.0. The molecule has 0 aromatic carbocycles. The van der Waals surface area contributed by atoms with E-state index in [1.165, 1.54) is 12.8 Å². The van der Waals surface area contributed by atoms with E-state index in [4.69, 9.17) is 5.10 Å². The predicted octanol–water partition coefficient (Wildman–Crippen LogP) is 2.56. The Bertz CT molecular complexity index is 1110. The number of amides is 1. The van der Waals surface area contributed by atoms with Crippen LogP contribution < -0.4 is 9.80 Å². The van der Waals surface area contributed by atoms with Crippen LogP contribution >= 0.6 is 0 Å². The SMILES string of the molecule is Cc1nn(-c2ccc(N3CCCC3)nn2)c(C)c1CCC(=O)N1CCN(c2ccccn2)CC1. The molecule has 0 radical (unpaired) electrons. The molecule has 9 nitrogen and oxygen atoms in total. The topological polar surface area (TPSA) is 83.3 Å². The van der Waals surface area contributed by atoms with Gasteiger partial charge in [0.05, 0.1) is 5.69 Å². The minimum absolute atomic E-state index is 0.196. The summed E-state index contributed by atoms with van der Waals surface area (Å²) >= 11 is 0. The minimum atomic E-state index is 0.196. The number of hydrogen-bond donors (Lipinski definition) is 0. The first kappa shape index (κ1) is 22.3. The molecule has 34 heavy (non-hydrogen) atoms. The van der Waals surface area contributed by atoms with Crippen molar-refractivity contribution >= 4 is 17.5 Å². The summed E-state index contributed by atoms with van der Waals surface area (Å²) in [7, 11) is 0. The van der Waals surface area contributed by atoms with Crippen molar-refractivity contribution in [2.45, 2.75) is 39.5 Å². The van der Waals surface area contributed by atoms with E-state index in [0.29, 0.717) is 18.7 Å². The number of anilines is 2. The van der Waals surface area contributed by atoms with Crippen LogP contribution in [-0.4, -0.2) is 75.0 Å². The van der Waals surface area contributed by atoms with Crippen LogP contribution in [0.3, 0.4) is 0 Å². The standard InChI is InChI=1S/C25H32N8O/c1-19-21(8-11-25(34)32-17-15-31(16-18-32)22-7-3-4-12-26-22)20(2)33(29-19)24-10-9-23(27-28-24)30-13-5-6-14-30/h3-4,7,9-10,12H,5-6,8,11,13-18H2,1-2H3. The molecule has 0 spiro atoms. The van der Waals surface area contributed by atoms with Gasteiger partial charge in [-0.15, -0.1) is 10.2 Å². The fraction of sp³-hybridized carbons (Fsp3) is 0.480. The van der Waals surface area contributed by atoms with Gasteiger partial charge in [-0.25, -0.2) is 9.67 Å². The Hall–Kier alpha value is -3.49. The summed E-state index contributed by atoms with van der Waals surface area (Å²) in [4.78, 5) is 23.8. The van der Waals surface area contributed by atoms with Gasteiger partial charge >= 0.3 is 0 Å². The summed E-state index contributed by atoms with van der Waals surface area (Å²) in [6.45, 7) is 9.21. The predicted molar refractivity (Wildman–Crippen MR) is 131 cm³/mol. The second-order valence-electron chi connectivity index (χ2n) is 9.06. The van der Waals surface area contributed by atoms with E-state index >= 15 is 0 Å². The van der Waals surface area contributed by atoms with E-state index in [2.05, 4.69) is 25.0 Å². The van der Waals surface area contributed by atoms with Crippen LogP contribution in [0.25, 0.3) is 5.82 Å². The Kier molecular flexibility index (Phi) is 6.42. The van der Waals surface area contributed by atoms with Gasteiger partial charge in [0.15, 0.2) is 11.6 Å². The third-order valence-corrected chi connectivity index (χ3v) is 6.92. The monoisotopic (exact) mass is 460 g/mol. The summed E-state index contributed by atoms with van der Waals surface area (Å²) in [6.07, 6.45) is 5.39. The van der Waals surface area contributed by atoms with E-state index in [1.54, 1.807) is 0 Å². The number of carbonyl (C=O) groups excluding carboxylic acids is 1. The highest BCUT2D eigenvalue weighted by Crippen LogP contribution is 2.21. The normalized spacial score (nSPS) is 16.4. The van der Waals surface area contributed by atoms with Gasteiger partial charge in [-0.05, 0) is 62.9 Å². The lowest BCUT2D eigenvalue weighted by Crippen LogP contribution is -2.49. The second kappa shape index (κ2) is 9.79. The molecule has 2 aliphatic heterocycles. The molecule has 0 saturated carbocycles. The maximum Gasteiger partial charge on any atom is 0.223 e. The first-order valence-electron chi connectivity index (χ1n) is 12.2. The number of pyridine rings is 1. The highest BCUT2D eigenvalue weighted by molar-refractivity contribution is 5.77. The maximum atomic E-state index is 12.9. The Labute approximate surface area is 200 Å². The van der Waals surface area contributed by atoms with Gasteiger partial charge in [-0.1, -0.05) is 6.07 Å². The molecule has 5 rings (SSSR count). The average Bonchev–Trinajstić information content (AvgIpc) is 3.52. The third kappa shape index (κ3) is 4.60. The van der Waals surface area contributed by atoms with E-state index in [-0.39, 0.29) is 5.91 Å². The van der Waals surface area contributed by atoms with Crippen molar-refractivity contribution in [1.82, 2.24) is 29.9 Å². The molecular formula is C25H32N8O. The van der Waals surface area contributed by atoms with Crippen LogP contribution in [0.5, 0.6) is 0 Å². The molecule has 2 aliphatic rings. The number of nitrogens with zero attached hydrogens (tertiary/aromatic N) is 8. The lowest BCUT2D eigenvalue weighted by molar-refractivity contribution is -0.131. The lowest BCUT2D eigenvalue weighted by Gasteiger charge is -2.35. The first-order chi connectivity index (χ1) is 16.6. The molecule has 3 aromatic rings. The molecule has 0 bridgehead atoms. The fourth-order valence-corrected chi connectivity index (χ4v) is 4.92. The van der Waals surface area contributed by atoms with Gasteiger partial charge in [0.2, 0.25) is 5.91 Å². The van der Waals surface area contributed by atoms with Crippen LogP contribution in [0.4, 0.5) is 11.6 Å². The van der Waals surface area contributed by atoms with E-state index in [1.807, 2.05) is 60.0 Å². The Balaban J connectivity index is 1.19. The zero-order chi connectivity index (χ0) is 23.5. The third-order valence-electron chi connectivity index (χ3n) is 6.92. The summed E-state index contributed by atoms with van der Waals surface area (Å²) in [5.41, 5.74) is 3.08. The number of hydrogen-bond acceptors (Lipinski definition) is 7. The van der Waals surface area contributed by atoms with Crippen molar-refractivity contribution in [1.29, 1.82) is 0 Å². The molecule has 3 aromatic heterocycles. The molecular weight excluding hydrogens is 428 g/mol. The summed E-state index contributed by atoms with van der Waals surface area (Å²) in [5, 5.41) is 13.6. The fourth-order valence-electron chi connectivity index (χ4n) is 4.92. The van der Waals surface area contributed by atoms with Crippen LogP contribution in [0.2, 0.25) is 0 Å². The molecule has 0 atom stereocenters. The molecule has 5 heterocycles. The van der Waals surface area contributed by atoms with Gasteiger partial charge in [0.1, 0.15) is 5.82 Å². The number of rotatable bonds is 6. The molecule has 0 unspecified atom stereocenters. The summed E-state index contributed by atoms with van der Waals surface area (Å²) in [5.74, 6) is 2.82. The largest absolute Gasteiger partial charge is 0.355 e. The van der Waals surface area contributed by atoms with Crippen molar-refractivity contribution in [3.05, 3.63) is 53.5 Å². The lowest BCUT2D eigenvalue weighted by atomic mass is 10.1. The average molecular weight is 461 g/mol. The van der Waals surface area contributed by atoms with Crippen molar-refractivity contribution in [2.75, 3.05) is 49.1 Å². The van der Waals surface area contributed by atoms with Crippen LogP contribution in [-0.2, 0) is 11.2 Å². The van der Waals surface area contributed by atoms with E-state index < -0.39 is 0 Å². The van der Waals surface area contributed by atoms with E-state index in [9.17, 15) is 4.79 Å². The van der Waals surface area contributed by atoms with Gasteiger partial charge in [0.25, 0.3) is 0 Å². The van der Waals surface area contributed by atoms with Gasteiger partial charge in [0, 0.05) is 57.6 Å². The maximum absolute atomic E-state index is 12.9. The Morgan fingerprint density at radius 1 is 0.853 bits per heavy atom. The molecule has 2 saturated heterocycles. The number of carbonyl (C=O) groups is 1. The molecule has 178 valence electrons. The van der Waals surface area contributed by atoms with Crippen LogP contribution in [0, 0.1) is 13.8 Å². The second-order valence-corrected chi connectivity index (χ2v) is 9.06. The molecule has 0 N–H and O–H groups in total. The van der Waals surface area contributed by atoms with Crippen molar-refractivity contribution in [2.24, 2.45) is 0 Å². The molecule has 2 fully saturated rings. The van der Waals surface area contributed by atoms with Gasteiger partial charge in [-0.2, -0.15) is 5.10 Å². The Morgan fingerprint density at radius 3 is 2.24 bits per heavy atom. The summed E-state index contributed by atoms with van der Waals surface area (Å²) in [6, 6.07) is 9.95. The number of piperazine rings is 1. The first-order valence-corrected chi connectivity index (χ1v) is 12.2. The van der Waals surface area contributed by atoms with Crippen molar-refractivity contribution in [3.63, 3.8) is 0 Å². The smallest absolute Gasteiger partial charge is 0.223 e. The quantitative estimate of drug-likeness (QED) is 0.559. The minimum Gasteiger partial charge on any atom is -0.355 e. The molecule has 1 amide bonds. The Morgan fingerprint density at radius 2 is 1.56 bits per heavy atom. The van der Waals surface area contributed by atoms with Crippen LogP contribution in [0.1, 0.15) is 36.2 Å².